The van der Waals surface area contributed by atoms with E-state index in [4.69, 9.17) is 15.2 Å². The van der Waals surface area contributed by atoms with Gasteiger partial charge in [-0.2, -0.15) is 0 Å². The zero-order chi connectivity index (χ0) is 13.5. The number of pyridine rings is 1. The van der Waals surface area contributed by atoms with Gasteiger partial charge in [-0.25, -0.2) is 0 Å². The second kappa shape index (κ2) is 6.64. The Kier molecular flexibility index (Phi) is 4.61. The number of hydrogen-bond acceptors (Lipinski definition) is 4. The molecule has 0 fully saturated rings. The van der Waals surface area contributed by atoms with Gasteiger partial charge in [0.25, 0.3) is 0 Å². The molecule has 0 aliphatic heterocycles. The molecule has 2 N–H and O–H groups in total. The number of anilines is 1. The van der Waals surface area contributed by atoms with Crippen LogP contribution in [-0.2, 0) is 6.42 Å². The molecule has 4 heteroatoms. The topological polar surface area (TPSA) is 57.4 Å². The van der Waals surface area contributed by atoms with Crippen molar-refractivity contribution in [2.45, 2.75) is 12.8 Å². The van der Waals surface area contributed by atoms with Crippen molar-refractivity contribution in [3.05, 3.63) is 48.3 Å². The van der Waals surface area contributed by atoms with E-state index in [2.05, 4.69) is 4.98 Å². The second-order valence-corrected chi connectivity index (χ2v) is 4.18. The van der Waals surface area contributed by atoms with Crippen molar-refractivity contribution in [2.75, 3.05) is 19.5 Å². The number of aryl methyl sites for hydroxylation is 1. The summed E-state index contributed by atoms with van der Waals surface area (Å²) in [5.41, 5.74) is 7.74. The Hall–Kier alpha value is -2.23. The molecule has 19 heavy (non-hydrogen) atoms. The first-order valence-electron chi connectivity index (χ1n) is 6.25. The fourth-order valence-electron chi connectivity index (χ4n) is 1.84. The molecule has 0 saturated carbocycles. The number of rotatable bonds is 6. The second-order valence-electron chi connectivity index (χ2n) is 4.18. The molecule has 1 heterocycles. The highest BCUT2D eigenvalue weighted by Gasteiger charge is 2.05. The van der Waals surface area contributed by atoms with Gasteiger partial charge in [-0.15, -0.1) is 0 Å². The van der Waals surface area contributed by atoms with Gasteiger partial charge in [0.05, 0.1) is 13.7 Å². The zero-order valence-electron chi connectivity index (χ0n) is 11.0. The lowest BCUT2D eigenvalue weighted by Gasteiger charge is -2.11. The monoisotopic (exact) mass is 258 g/mol. The maximum absolute atomic E-state index is 5.93. The third kappa shape index (κ3) is 3.61. The van der Waals surface area contributed by atoms with Crippen LogP contribution < -0.4 is 15.2 Å². The lowest BCUT2D eigenvalue weighted by atomic mass is 10.1. The van der Waals surface area contributed by atoms with Crippen LogP contribution in [0.1, 0.15) is 12.0 Å². The van der Waals surface area contributed by atoms with Crippen LogP contribution in [0.15, 0.2) is 42.7 Å². The largest absolute Gasteiger partial charge is 0.494 e. The van der Waals surface area contributed by atoms with E-state index < -0.39 is 0 Å². The molecule has 0 aliphatic rings. The van der Waals surface area contributed by atoms with Crippen molar-refractivity contribution in [1.29, 1.82) is 0 Å². The molecule has 1 aromatic carbocycles. The molecule has 100 valence electrons. The fraction of sp³-hybridized carbons (Fsp3) is 0.267. The molecule has 0 atom stereocenters. The van der Waals surface area contributed by atoms with Gasteiger partial charge in [-0.3, -0.25) is 4.98 Å². The normalized spacial score (nSPS) is 10.2. The zero-order valence-corrected chi connectivity index (χ0v) is 11.0. The van der Waals surface area contributed by atoms with E-state index in [-0.39, 0.29) is 0 Å². The van der Waals surface area contributed by atoms with E-state index in [0.717, 1.165) is 12.8 Å². The van der Waals surface area contributed by atoms with Crippen molar-refractivity contribution >= 4 is 5.69 Å². The summed E-state index contributed by atoms with van der Waals surface area (Å²) in [4.78, 5) is 3.99. The van der Waals surface area contributed by atoms with Crippen LogP contribution in [-0.4, -0.2) is 18.7 Å². The van der Waals surface area contributed by atoms with Gasteiger partial charge >= 0.3 is 0 Å². The number of benzene rings is 1. The van der Waals surface area contributed by atoms with Crippen LogP contribution in [0, 0.1) is 0 Å². The minimum absolute atomic E-state index is 0.550. The Labute approximate surface area is 113 Å². The first-order valence-corrected chi connectivity index (χ1v) is 6.25. The lowest BCUT2D eigenvalue weighted by molar-refractivity contribution is 0.310. The predicted octanol–water partition coefficient (Wildman–Crippen LogP) is 2.68. The first-order chi connectivity index (χ1) is 9.31. The van der Waals surface area contributed by atoms with Gasteiger partial charge in [0.2, 0.25) is 0 Å². The van der Waals surface area contributed by atoms with Gasteiger partial charge in [0, 0.05) is 12.4 Å². The summed E-state index contributed by atoms with van der Waals surface area (Å²) >= 11 is 0. The van der Waals surface area contributed by atoms with Gasteiger partial charge < -0.3 is 15.2 Å². The average Bonchev–Trinajstić information content (AvgIpc) is 2.46. The van der Waals surface area contributed by atoms with E-state index in [1.807, 2.05) is 30.3 Å². The number of ether oxygens (including phenoxy) is 2. The molecule has 0 bridgehead atoms. The van der Waals surface area contributed by atoms with Gasteiger partial charge in [0.1, 0.15) is 17.2 Å². The molecule has 1 aromatic heterocycles. The van der Waals surface area contributed by atoms with Gasteiger partial charge in [0.15, 0.2) is 0 Å². The van der Waals surface area contributed by atoms with E-state index in [1.54, 1.807) is 19.5 Å². The predicted molar refractivity (Wildman–Crippen MR) is 75.5 cm³/mol. The van der Waals surface area contributed by atoms with E-state index >= 15 is 0 Å². The molecule has 0 aliphatic carbocycles. The Morgan fingerprint density at radius 2 is 1.84 bits per heavy atom. The summed E-state index contributed by atoms with van der Waals surface area (Å²) in [5.74, 6) is 1.32. The van der Waals surface area contributed by atoms with Gasteiger partial charge in [-0.1, -0.05) is 6.07 Å². The fourth-order valence-corrected chi connectivity index (χ4v) is 1.84. The number of nitrogen functional groups attached to an aromatic ring is 1. The summed E-state index contributed by atoms with van der Waals surface area (Å²) in [6, 6.07) is 9.57. The number of aromatic nitrogens is 1. The highest BCUT2D eigenvalue weighted by molar-refractivity contribution is 5.62. The number of para-hydroxylation sites is 1. The Bertz CT molecular complexity index is 515. The third-order valence-corrected chi connectivity index (χ3v) is 2.86. The Morgan fingerprint density at radius 3 is 2.58 bits per heavy atom. The van der Waals surface area contributed by atoms with Crippen LogP contribution in [0.2, 0.25) is 0 Å². The summed E-state index contributed by atoms with van der Waals surface area (Å²) in [6.07, 6.45) is 5.50. The third-order valence-electron chi connectivity index (χ3n) is 2.86. The smallest absolute Gasteiger partial charge is 0.146 e. The molecule has 0 unspecified atom stereocenters. The number of nitrogens with two attached hydrogens (primary N) is 1. The maximum atomic E-state index is 5.93. The van der Waals surface area contributed by atoms with Gasteiger partial charge in [-0.05, 0) is 42.7 Å². The summed E-state index contributed by atoms with van der Waals surface area (Å²) in [6.45, 7) is 0.625. The van der Waals surface area contributed by atoms with Crippen molar-refractivity contribution in [2.24, 2.45) is 0 Å². The van der Waals surface area contributed by atoms with Crippen LogP contribution in [0.5, 0.6) is 11.5 Å². The number of methoxy groups -OCH3 is 1. The van der Waals surface area contributed by atoms with Crippen LogP contribution in [0.25, 0.3) is 0 Å². The summed E-state index contributed by atoms with van der Waals surface area (Å²) in [7, 11) is 1.60. The van der Waals surface area contributed by atoms with Crippen molar-refractivity contribution in [3.8, 4) is 11.5 Å². The molecular weight excluding hydrogens is 240 g/mol. The minimum Gasteiger partial charge on any atom is -0.494 e. The van der Waals surface area contributed by atoms with E-state index in [0.29, 0.717) is 23.8 Å². The Balaban J connectivity index is 1.83. The maximum Gasteiger partial charge on any atom is 0.146 e. The molecule has 4 nitrogen and oxygen atoms in total. The summed E-state index contributed by atoms with van der Waals surface area (Å²) in [5, 5.41) is 0. The molecule has 0 spiro atoms. The molecule has 0 amide bonds. The molecule has 2 aromatic rings. The molecule has 0 radical (unpaired) electrons. The number of hydrogen-bond donors (Lipinski definition) is 1. The lowest BCUT2D eigenvalue weighted by Crippen LogP contribution is -2.03. The van der Waals surface area contributed by atoms with Crippen LogP contribution in [0.3, 0.4) is 0 Å². The average molecular weight is 258 g/mol. The van der Waals surface area contributed by atoms with Crippen molar-refractivity contribution in [1.82, 2.24) is 4.98 Å². The van der Waals surface area contributed by atoms with Crippen LogP contribution in [0.4, 0.5) is 5.69 Å². The standard InChI is InChI=1S/C15H18N2O2/c1-18-13-5-2-6-14(15(13)16)19-11-3-4-12-7-9-17-10-8-12/h2,5-10H,3-4,11,16H2,1H3. The molecular formula is C15H18N2O2. The number of nitrogens with zero attached hydrogens (tertiary/aromatic N) is 1. The first kappa shape index (κ1) is 13.2. The highest BCUT2D eigenvalue weighted by Crippen LogP contribution is 2.30. The quantitative estimate of drug-likeness (QED) is 0.639. The molecule has 0 saturated heterocycles. The van der Waals surface area contributed by atoms with E-state index in [1.165, 1.54) is 5.56 Å². The Morgan fingerprint density at radius 1 is 1.11 bits per heavy atom. The van der Waals surface area contributed by atoms with Crippen molar-refractivity contribution < 1.29 is 9.47 Å². The summed E-state index contributed by atoms with van der Waals surface area (Å²) < 4.78 is 10.8. The highest BCUT2D eigenvalue weighted by atomic mass is 16.5. The van der Waals surface area contributed by atoms with Crippen LogP contribution >= 0.6 is 0 Å². The minimum atomic E-state index is 0.550. The van der Waals surface area contributed by atoms with E-state index in [9.17, 15) is 0 Å². The molecule has 2 rings (SSSR count). The SMILES string of the molecule is COc1cccc(OCCCc2ccncc2)c1N. The van der Waals surface area contributed by atoms with Crippen molar-refractivity contribution in [3.63, 3.8) is 0 Å².